The lowest BCUT2D eigenvalue weighted by atomic mass is 9.95. The Bertz CT molecular complexity index is 527. The summed E-state index contributed by atoms with van der Waals surface area (Å²) in [7, 11) is 0. The molecule has 110 valence electrons. The van der Waals surface area contributed by atoms with E-state index in [4.69, 9.17) is 5.26 Å². The Morgan fingerprint density at radius 2 is 2.05 bits per heavy atom. The van der Waals surface area contributed by atoms with Gasteiger partial charge in [0, 0.05) is 31.2 Å². The van der Waals surface area contributed by atoms with Crippen LogP contribution < -0.4 is 10.6 Å². The first-order valence-electron chi connectivity index (χ1n) is 7.33. The largest absolute Gasteiger partial charge is 0.386 e. The first-order chi connectivity index (χ1) is 10.3. The van der Waals surface area contributed by atoms with E-state index in [0.29, 0.717) is 6.54 Å². The average molecular weight is 284 g/mol. The van der Waals surface area contributed by atoms with Crippen molar-refractivity contribution in [3.8, 4) is 6.07 Å². The van der Waals surface area contributed by atoms with E-state index in [1.54, 1.807) is 12.4 Å². The normalized spacial score (nSPS) is 16.0. The van der Waals surface area contributed by atoms with Gasteiger partial charge in [-0.25, -0.2) is 0 Å². The van der Waals surface area contributed by atoms with Crippen LogP contribution in [0.15, 0.2) is 36.3 Å². The lowest BCUT2D eigenvalue weighted by Gasteiger charge is -2.22. The summed E-state index contributed by atoms with van der Waals surface area (Å²) in [5.74, 6) is -0.286. The van der Waals surface area contributed by atoms with Crippen LogP contribution in [-0.2, 0) is 11.3 Å². The highest BCUT2D eigenvalue weighted by atomic mass is 16.1. The van der Waals surface area contributed by atoms with Gasteiger partial charge in [-0.1, -0.05) is 19.3 Å². The molecule has 5 nitrogen and oxygen atoms in total. The third-order valence-electron chi connectivity index (χ3n) is 3.61. The van der Waals surface area contributed by atoms with E-state index in [-0.39, 0.29) is 17.5 Å². The first kappa shape index (κ1) is 15.0. The van der Waals surface area contributed by atoms with Crippen LogP contribution in [0.5, 0.6) is 0 Å². The molecule has 0 atom stereocenters. The first-order valence-corrected chi connectivity index (χ1v) is 7.33. The van der Waals surface area contributed by atoms with E-state index in [1.165, 1.54) is 12.6 Å². The molecule has 0 aromatic carbocycles. The third-order valence-corrected chi connectivity index (χ3v) is 3.61. The molecule has 1 heterocycles. The predicted molar refractivity (Wildman–Crippen MR) is 79.8 cm³/mol. The molecule has 1 aliphatic carbocycles. The van der Waals surface area contributed by atoms with Crippen LogP contribution in [0.4, 0.5) is 0 Å². The molecule has 2 rings (SSSR count). The van der Waals surface area contributed by atoms with Gasteiger partial charge in [-0.2, -0.15) is 5.26 Å². The SMILES string of the molecule is N#C/C(=C/NCc1ccncc1)C(=O)NC1CCCCC1. The molecule has 1 saturated carbocycles. The van der Waals surface area contributed by atoms with Gasteiger partial charge in [0.25, 0.3) is 5.91 Å². The molecule has 1 fully saturated rings. The van der Waals surface area contributed by atoms with Crippen LogP contribution in [0.25, 0.3) is 0 Å². The zero-order valence-corrected chi connectivity index (χ0v) is 12.0. The standard InChI is InChI=1S/C16H20N4O/c17-10-14(12-19-11-13-6-8-18-9-7-13)16(21)20-15-4-2-1-3-5-15/h6-9,12,15,19H,1-5,11H2,(H,20,21)/b14-12-. The maximum Gasteiger partial charge on any atom is 0.263 e. The Labute approximate surface area is 125 Å². The fourth-order valence-electron chi connectivity index (χ4n) is 2.43. The van der Waals surface area contributed by atoms with E-state index in [0.717, 1.165) is 31.2 Å². The smallest absolute Gasteiger partial charge is 0.263 e. The van der Waals surface area contributed by atoms with Crippen molar-refractivity contribution >= 4 is 5.91 Å². The summed E-state index contributed by atoms with van der Waals surface area (Å²) in [6, 6.07) is 5.93. The highest BCUT2D eigenvalue weighted by Crippen LogP contribution is 2.17. The van der Waals surface area contributed by atoms with Crippen molar-refractivity contribution < 1.29 is 4.79 Å². The number of pyridine rings is 1. The fraction of sp³-hybridized carbons (Fsp3) is 0.438. The van der Waals surface area contributed by atoms with Crippen LogP contribution in [0.2, 0.25) is 0 Å². The number of hydrogen-bond acceptors (Lipinski definition) is 4. The van der Waals surface area contributed by atoms with Crippen molar-refractivity contribution in [1.29, 1.82) is 5.26 Å². The number of amides is 1. The third kappa shape index (κ3) is 4.92. The van der Waals surface area contributed by atoms with Crippen LogP contribution >= 0.6 is 0 Å². The van der Waals surface area contributed by atoms with E-state index in [2.05, 4.69) is 15.6 Å². The minimum absolute atomic E-state index is 0.120. The average Bonchev–Trinajstić information content (AvgIpc) is 2.53. The highest BCUT2D eigenvalue weighted by molar-refractivity contribution is 5.97. The molecule has 1 amide bonds. The van der Waals surface area contributed by atoms with Gasteiger partial charge in [-0.15, -0.1) is 0 Å². The van der Waals surface area contributed by atoms with Crippen molar-refractivity contribution in [2.75, 3.05) is 0 Å². The predicted octanol–water partition coefficient (Wildman–Crippen LogP) is 2.03. The van der Waals surface area contributed by atoms with Crippen molar-refractivity contribution in [3.05, 3.63) is 41.9 Å². The van der Waals surface area contributed by atoms with Gasteiger partial charge in [0.05, 0.1) is 0 Å². The quantitative estimate of drug-likeness (QED) is 0.640. The van der Waals surface area contributed by atoms with E-state index in [9.17, 15) is 4.79 Å². The number of nitrogens with zero attached hydrogens (tertiary/aromatic N) is 2. The number of aromatic nitrogens is 1. The van der Waals surface area contributed by atoms with Crippen molar-refractivity contribution in [2.45, 2.75) is 44.7 Å². The van der Waals surface area contributed by atoms with Gasteiger partial charge < -0.3 is 10.6 Å². The van der Waals surface area contributed by atoms with Gasteiger partial charge in [0.2, 0.25) is 0 Å². The van der Waals surface area contributed by atoms with Crippen molar-refractivity contribution in [3.63, 3.8) is 0 Å². The topological polar surface area (TPSA) is 77.8 Å². The number of carbonyl (C=O) groups is 1. The van der Waals surface area contributed by atoms with E-state index < -0.39 is 0 Å². The molecule has 1 aliphatic rings. The van der Waals surface area contributed by atoms with Gasteiger partial charge in [0.15, 0.2) is 0 Å². The summed E-state index contributed by atoms with van der Waals surface area (Å²) >= 11 is 0. The van der Waals surface area contributed by atoms with Crippen LogP contribution in [0.1, 0.15) is 37.7 Å². The van der Waals surface area contributed by atoms with Gasteiger partial charge in [0.1, 0.15) is 11.6 Å². The summed E-state index contributed by atoms with van der Waals surface area (Å²) in [5.41, 5.74) is 1.17. The zero-order chi connectivity index (χ0) is 14.9. The molecule has 0 spiro atoms. The van der Waals surface area contributed by atoms with Crippen molar-refractivity contribution in [2.24, 2.45) is 0 Å². The molecule has 2 N–H and O–H groups in total. The molecule has 21 heavy (non-hydrogen) atoms. The molecule has 0 radical (unpaired) electrons. The lowest BCUT2D eigenvalue weighted by molar-refractivity contribution is -0.118. The summed E-state index contributed by atoms with van der Waals surface area (Å²) in [6.07, 6.45) is 10.5. The molecule has 1 aromatic heterocycles. The number of nitrogens with one attached hydrogen (secondary N) is 2. The number of rotatable bonds is 5. The molecular weight excluding hydrogens is 264 g/mol. The monoisotopic (exact) mass is 284 g/mol. The zero-order valence-electron chi connectivity index (χ0n) is 12.0. The van der Waals surface area contributed by atoms with Crippen LogP contribution in [0.3, 0.4) is 0 Å². The molecule has 0 aliphatic heterocycles. The van der Waals surface area contributed by atoms with Gasteiger partial charge in [-0.3, -0.25) is 9.78 Å². The molecule has 1 aromatic rings. The lowest BCUT2D eigenvalue weighted by Crippen LogP contribution is -2.37. The minimum Gasteiger partial charge on any atom is -0.386 e. The molecule has 0 bridgehead atoms. The minimum atomic E-state index is -0.286. The maximum absolute atomic E-state index is 12.0. The Morgan fingerprint density at radius 3 is 2.71 bits per heavy atom. The Kier molecular flexibility index (Phi) is 5.77. The second-order valence-corrected chi connectivity index (χ2v) is 5.21. The molecule has 5 heteroatoms. The molecule has 0 unspecified atom stereocenters. The summed E-state index contributed by atoms with van der Waals surface area (Å²) in [5, 5.41) is 15.0. The Morgan fingerprint density at radius 1 is 1.33 bits per heavy atom. The number of nitriles is 1. The second-order valence-electron chi connectivity index (χ2n) is 5.21. The number of hydrogen-bond donors (Lipinski definition) is 2. The second kappa shape index (κ2) is 8.05. The maximum atomic E-state index is 12.0. The van der Waals surface area contributed by atoms with Gasteiger partial charge in [-0.05, 0) is 30.5 Å². The molecular formula is C16H20N4O. The Hall–Kier alpha value is -2.35. The van der Waals surface area contributed by atoms with Crippen LogP contribution in [-0.4, -0.2) is 16.9 Å². The Balaban J connectivity index is 1.84. The van der Waals surface area contributed by atoms with Gasteiger partial charge >= 0.3 is 0 Å². The van der Waals surface area contributed by atoms with Crippen LogP contribution in [0, 0.1) is 11.3 Å². The molecule has 0 saturated heterocycles. The summed E-state index contributed by atoms with van der Waals surface area (Å²) in [4.78, 5) is 16.0. The van der Waals surface area contributed by atoms with E-state index >= 15 is 0 Å². The van der Waals surface area contributed by atoms with Crippen molar-refractivity contribution in [1.82, 2.24) is 15.6 Å². The number of carbonyl (C=O) groups excluding carboxylic acids is 1. The highest BCUT2D eigenvalue weighted by Gasteiger charge is 2.17. The fourth-order valence-corrected chi connectivity index (χ4v) is 2.43. The summed E-state index contributed by atoms with van der Waals surface area (Å²) < 4.78 is 0. The summed E-state index contributed by atoms with van der Waals surface area (Å²) in [6.45, 7) is 0.560. The van der Waals surface area contributed by atoms with E-state index in [1.807, 2.05) is 18.2 Å².